The lowest BCUT2D eigenvalue weighted by atomic mass is 10.0. The average Bonchev–Trinajstić information content (AvgIpc) is 2.98. The largest absolute Gasteiger partial charge is 0.351 e. The van der Waals surface area contributed by atoms with Crippen LogP contribution in [-0.4, -0.2) is 26.6 Å². The maximum atomic E-state index is 4.74. The van der Waals surface area contributed by atoms with Crippen LogP contribution in [0.4, 0.5) is 5.82 Å². The zero-order chi connectivity index (χ0) is 12.6. The Hall–Kier alpha value is -1.84. The molecular formula is C14H18N4. The lowest BCUT2D eigenvalue weighted by molar-refractivity contribution is 0.514. The van der Waals surface area contributed by atoms with Gasteiger partial charge < -0.3 is 4.90 Å². The second kappa shape index (κ2) is 4.12. The van der Waals surface area contributed by atoms with Crippen LogP contribution in [0.25, 0.3) is 5.82 Å². The Labute approximate surface area is 107 Å². The first-order valence-corrected chi connectivity index (χ1v) is 6.40. The molecule has 0 bridgehead atoms. The third-order valence-corrected chi connectivity index (χ3v) is 3.67. The Morgan fingerprint density at radius 2 is 2.06 bits per heavy atom. The molecular weight excluding hydrogens is 224 g/mol. The van der Waals surface area contributed by atoms with Gasteiger partial charge in [-0.2, -0.15) is 0 Å². The molecule has 3 rings (SSSR count). The molecule has 4 heteroatoms. The summed E-state index contributed by atoms with van der Waals surface area (Å²) in [4.78, 5) is 11.2. The van der Waals surface area contributed by atoms with Crippen molar-refractivity contribution in [3.05, 3.63) is 36.9 Å². The third-order valence-electron chi connectivity index (χ3n) is 3.67. The predicted octanol–water partition coefficient (Wildman–Crippen LogP) is 2.65. The highest BCUT2D eigenvalue weighted by atomic mass is 15.3. The Morgan fingerprint density at radius 3 is 2.72 bits per heavy atom. The zero-order valence-electron chi connectivity index (χ0n) is 10.9. The number of anilines is 1. The molecule has 0 spiro atoms. The van der Waals surface area contributed by atoms with Crippen LogP contribution in [0, 0.1) is 0 Å². The first-order valence-electron chi connectivity index (χ1n) is 6.40. The lowest BCUT2D eigenvalue weighted by Gasteiger charge is -2.32. The van der Waals surface area contributed by atoms with Crippen LogP contribution in [0.3, 0.4) is 0 Å². The SMILES string of the molecule is CC1(C)CCCN1c1cccc(-n2ccnc2)n1. The Bertz CT molecular complexity index is 530. The summed E-state index contributed by atoms with van der Waals surface area (Å²) in [6.45, 7) is 5.66. The van der Waals surface area contributed by atoms with Gasteiger partial charge in [0.25, 0.3) is 0 Å². The monoisotopic (exact) mass is 242 g/mol. The van der Waals surface area contributed by atoms with Gasteiger partial charge in [-0.1, -0.05) is 6.07 Å². The van der Waals surface area contributed by atoms with Crippen molar-refractivity contribution >= 4 is 5.82 Å². The van der Waals surface area contributed by atoms with Crippen LogP contribution in [0.15, 0.2) is 36.9 Å². The standard InChI is InChI=1S/C14H18N4/c1-14(2)7-4-9-18(14)13-6-3-5-12(16-13)17-10-8-15-11-17/h3,5-6,8,10-11H,4,7,9H2,1-2H3. The molecule has 0 atom stereocenters. The first-order chi connectivity index (χ1) is 8.67. The van der Waals surface area contributed by atoms with Crippen LogP contribution in [0.5, 0.6) is 0 Å². The molecule has 2 aromatic heterocycles. The fourth-order valence-corrected chi connectivity index (χ4v) is 2.63. The molecule has 1 aliphatic rings. The molecule has 0 aromatic carbocycles. The molecule has 1 aliphatic heterocycles. The summed E-state index contributed by atoms with van der Waals surface area (Å²) in [7, 11) is 0. The van der Waals surface area contributed by atoms with Crippen molar-refractivity contribution in [3.8, 4) is 5.82 Å². The molecule has 0 aliphatic carbocycles. The summed E-state index contributed by atoms with van der Waals surface area (Å²) in [5.74, 6) is 1.98. The summed E-state index contributed by atoms with van der Waals surface area (Å²) in [6.07, 6.45) is 7.94. The van der Waals surface area contributed by atoms with E-state index in [4.69, 9.17) is 4.98 Å². The maximum Gasteiger partial charge on any atom is 0.140 e. The number of imidazole rings is 1. The molecule has 18 heavy (non-hydrogen) atoms. The number of nitrogens with zero attached hydrogens (tertiary/aromatic N) is 4. The summed E-state index contributed by atoms with van der Waals surface area (Å²) in [5.41, 5.74) is 0.209. The molecule has 2 aromatic rings. The van der Waals surface area contributed by atoms with Gasteiger partial charge in [0, 0.05) is 24.5 Å². The molecule has 0 unspecified atom stereocenters. The predicted molar refractivity (Wildman–Crippen MR) is 72.0 cm³/mol. The average molecular weight is 242 g/mol. The maximum absolute atomic E-state index is 4.74. The van der Waals surface area contributed by atoms with Gasteiger partial charge in [0.05, 0.1) is 0 Å². The Kier molecular flexibility index (Phi) is 2.58. The van der Waals surface area contributed by atoms with Gasteiger partial charge in [-0.25, -0.2) is 9.97 Å². The van der Waals surface area contributed by atoms with E-state index >= 15 is 0 Å². The minimum atomic E-state index is 0.209. The van der Waals surface area contributed by atoms with Gasteiger partial charge in [0.2, 0.25) is 0 Å². The van der Waals surface area contributed by atoms with E-state index in [1.54, 1.807) is 12.5 Å². The van der Waals surface area contributed by atoms with Crippen LogP contribution < -0.4 is 4.90 Å². The fourth-order valence-electron chi connectivity index (χ4n) is 2.63. The van der Waals surface area contributed by atoms with Gasteiger partial charge >= 0.3 is 0 Å². The topological polar surface area (TPSA) is 34.0 Å². The molecule has 0 radical (unpaired) electrons. The third kappa shape index (κ3) is 1.88. The highest BCUT2D eigenvalue weighted by Gasteiger charge is 2.32. The number of hydrogen-bond donors (Lipinski definition) is 0. The Morgan fingerprint density at radius 1 is 1.22 bits per heavy atom. The van der Waals surface area contributed by atoms with Crippen molar-refractivity contribution in [2.75, 3.05) is 11.4 Å². The number of aromatic nitrogens is 3. The van der Waals surface area contributed by atoms with E-state index in [1.165, 1.54) is 12.8 Å². The Balaban J connectivity index is 1.97. The zero-order valence-corrected chi connectivity index (χ0v) is 10.9. The van der Waals surface area contributed by atoms with Gasteiger partial charge in [-0.15, -0.1) is 0 Å². The van der Waals surface area contributed by atoms with E-state index in [-0.39, 0.29) is 5.54 Å². The molecule has 94 valence electrons. The summed E-state index contributed by atoms with van der Waals surface area (Å²) in [6, 6.07) is 6.16. The smallest absolute Gasteiger partial charge is 0.140 e. The summed E-state index contributed by atoms with van der Waals surface area (Å²) < 4.78 is 1.94. The van der Waals surface area contributed by atoms with Crippen molar-refractivity contribution in [1.82, 2.24) is 14.5 Å². The number of pyridine rings is 1. The van der Waals surface area contributed by atoms with Gasteiger partial charge in [-0.3, -0.25) is 4.57 Å². The van der Waals surface area contributed by atoms with Crippen LogP contribution in [-0.2, 0) is 0 Å². The van der Waals surface area contributed by atoms with Gasteiger partial charge in [0.1, 0.15) is 18.0 Å². The van der Waals surface area contributed by atoms with Gasteiger partial charge in [0.15, 0.2) is 0 Å². The van der Waals surface area contributed by atoms with Crippen molar-refractivity contribution in [2.24, 2.45) is 0 Å². The minimum absolute atomic E-state index is 0.209. The molecule has 0 amide bonds. The molecule has 1 saturated heterocycles. The number of rotatable bonds is 2. The quantitative estimate of drug-likeness (QED) is 0.812. The summed E-state index contributed by atoms with van der Waals surface area (Å²) >= 11 is 0. The van der Waals surface area contributed by atoms with Crippen LogP contribution >= 0.6 is 0 Å². The molecule has 3 heterocycles. The van der Waals surface area contributed by atoms with E-state index in [9.17, 15) is 0 Å². The minimum Gasteiger partial charge on any atom is -0.351 e. The highest BCUT2D eigenvalue weighted by Crippen LogP contribution is 2.32. The second-order valence-electron chi connectivity index (χ2n) is 5.39. The normalized spacial score (nSPS) is 18.2. The highest BCUT2D eigenvalue weighted by molar-refractivity contribution is 5.46. The van der Waals surface area contributed by atoms with Gasteiger partial charge in [-0.05, 0) is 38.8 Å². The van der Waals surface area contributed by atoms with E-state index in [1.807, 2.05) is 16.8 Å². The van der Waals surface area contributed by atoms with Crippen molar-refractivity contribution in [1.29, 1.82) is 0 Å². The number of hydrogen-bond acceptors (Lipinski definition) is 3. The second-order valence-corrected chi connectivity index (χ2v) is 5.39. The molecule has 0 saturated carbocycles. The summed E-state index contributed by atoms with van der Waals surface area (Å²) in [5, 5.41) is 0. The molecule has 1 fully saturated rings. The van der Waals surface area contributed by atoms with E-state index in [2.05, 4.69) is 35.9 Å². The van der Waals surface area contributed by atoms with Crippen molar-refractivity contribution in [2.45, 2.75) is 32.2 Å². The lowest BCUT2D eigenvalue weighted by Crippen LogP contribution is -2.38. The first kappa shape index (κ1) is 11.3. The van der Waals surface area contributed by atoms with Crippen molar-refractivity contribution < 1.29 is 0 Å². The van der Waals surface area contributed by atoms with Crippen LogP contribution in [0.1, 0.15) is 26.7 Å². The van der Waals surface area contributed by atoms with Crippen molar-refractivity contribution in [3.63, 3.8) is 0 Å². The van der Waals surface area contributed by atoms with E-state index in [0.29, 0.717) is 0 Å². The van der Waals surface area contributed by atoms with Crippen LogP contribution in [0.2, 0.25) is 0 Å². The van der Waals surface area contributed by atoms with E-state index < -0.39 is 0 Å². The fraction of sp³-hybridized carbons (Fsp3) is 0.429. The molecule has 4 nitrogen and oxygen atoms in total. The molecule has 0 N–H and O–H groups in total. The van der Waals surface area contributed by atoms with E-state index in [0.717, 1.165) is 18.2 Å².